The lowest BCUT2D eigenvalue weighted by Crippen LogP contribution is -2.38. The average molecular weight is 292 g/mol. The van der Waals surface area contributed by atoms with Crippen molar-refractivity contribution in [1.29, 1.82) is 5.26 Å². The van der Waals surface area contributed by atoms with Gasteiger partial charge in [-0.1, -0.05) is 17.7 Å². The minimum atomic E-state index is -3.45. The Bertz CT molecular complexity index is 628. The molecule has 1 aromatic rings. The lowest BCUT2D eigenvalue weighted by Gasteiger charge is -2.29. The highest BCUT2D eigenvalue weighted by Crippen LogP contribution is 2.28. The van der Waals surface area contributed by atoms with Crippen LogP contribution in [0.15, 0.2) is 17.0 Å². The Morgan fingerprint density at radius 1 is 1.15 bits per heavy atom. The Kier molecular flexibility index (Phi) is 4.17. The van der Waals surface area contributed by atoms with E-state index in [-0.39, 0.29) is 5.92 Å². The second kappa shape index (κ2) is 5.55. The van der Waals surface area contributed by atoms with Gasteiger partial charge in [0.15, 0.2) is 0 Å². The maximum absolute atomic E-state index is 12.8. The van der Waals surface area contributed by atoms with Crippen molar-refractivity contribution in [3.63, 3.8) is 0 Å². The summed E-state index contributed by atoms with van der Waals surface area (Å²) in [4.78, 5) is 0.429. The summed E-state index contributed by atoms with van der Waals surface area (Å²) in [5, 5.41) is 8.90. The van der Waals surface area contributed by atoms with E-state index in [2.05, 4.69) is 6.07 Å². The van der Waals surface area contributed by atoms with Gasteiger partial charge in [-0.3, -0.25) is 0 Å². The van der Waals surface area contributed by atoms with Crippen LogP contribution in [0, 0.1) is 38.0 Å². The fraction of sp³-hybridized carbons (Fsp3) is 0.533. The van der Waals surface area contributed by atoms with Crippen molar-refractivity contribution in [3.8, 4) is 6.07 Å². The summed E-state index contributed by atoms with van der Waals surface area (Å²) in [5.41, 5.74) is 2.66. The number of nitrogens with zero attached hydrogens (tertiary/aromatic N) is 2. The van der Waals surface area contributed by atoms with Crippen molar-refractivity contribution in [2.45, 2.75) is 38.5 Å². The number of hydrogen-bond acceptors (Lipinski definition) is 3. The number of aryl methyl sites for hydroxylation is 3. The third kappa shape index (κ3) is 2.72. The fourth-order valence-corrected chi connectivity index (χ4v) is 4.81. The van der Waals surface area contributed by atoms with E-state index in [4.69, 9.17) is 5.26 Å². The largest absolute Gasteiger partial charge is 0.243 e. The van der Waals surface area contributed by atoms with Crippen LogP contribution in [-0.4, -0.2) is 25.8 Å². The normalized spacial score (nSPS) is 17.9. The molecule has 108 valence electrons. The molecule has 20 heavy (non-hydrogen) atoms. The van der Waals surface area contributed by atoms with Gasteiger partial charge in [-0.15, -0.1) is 0 Å². The first-order valence-electron chi connectivity index (χ1n) is 6.84. The molecule has 0 bridgehead atoms. The topological polar surface area (TPSA) is 61.2 Å². The molecule has 0 atom stereocenters. The highest BCUT2D eigenvalue weighted by Gasteiger charge is 2.31. The van der Waals surface area contributed by atoms with Crippen molar-refractivity contribution in [2.75, 3.05) is 13.1 Å². The molecule has 1 aromatic carbocycles. The van der Waals surface area contributed by atoms with Crippen LogP contribution in [0.2, 0.25) is 0 Å². The van der Waals surface area contributed by atoms with E-state index in [0.717, 1.165) is 16.7 Å². The third-order valence-corrected chi connectivity index (χ3v) is 6.04. The van der Waals surface area contributed by atoms with Gasteiger partial charge in [0, 0.05) is 19.0 Å². The first-order valence-corrected chi connectivity index (χ1v) is 8.28. The number of hydrogen-bond donors (Lipinski definition) is 0. The predicted octanol–water partition coefficient (Wildman–Crippen LogP) is 2.54. The van der Waals surface area contributed by atoms with E-state index in [1.807, 2.05) is 32.9 Å². The van der Waals surface area contributed by atoms with Gasteiger partial charge in [-0.2, -0.15) is 9.57 Å². The zero-order valence-electron chi connectivity index (χ0n) is 12.2. The Balaban J connectivity index is 2.35. The van der Waals surface area contributed by atoms with Crippen LogP contribution in [-0.2, 0) is 10.0 Å². The first-order chi connectivity index (χ1) is 9.36. The van der Waals surface area contributed by atoms with E-state index in [0.29, 0.717) is 30.8 Å². The molecule has 5 heteroatoms. The molecule has 0 amide bonds. The van der Waals surface area contributed by atoms with Crippen molar-refractivity contribution in [3.05, 3.63) is 28.8 Å². The molecule has 0 radical (unpaired) electrons. The third-order valence-electron chi connectivity index (χ3n) is 3.84. The molecule has 1 aliphatic rings. The SMILES string of the molecule is Cc1cc(C)c(S(=O)(=O)N2CCC(C#N)CC2)c(C)c1. The van der Waals surface area contributed by atoms with Gasteiger partial charge in [0.25, 0.3) is 0 Å². The maximum atomic E-state index is 12.8. The molecule has 1 fully saturated rings. The second-order valence-electron chi connectivity index (χ2n) is 5.54. The van der Waals surface area contributed by atoms with Gasteiger partial charge < -0.3 is 0 Å². The number of benzene rings is 1. The average Bonchev–Trinajstić information content (AvgIpc) is 2.37. The lowest BCUT2D eigenvalue weighted by molar-refractivity contribution is 0.309. The Labute approximate surface area is 121 Å². The highest BCUT2D eigenvalue weighted by molar-refractivity contribution is 7.89. The Morgan fingerprint density at radius 3 is 2.10 bits per heavy atom. The Hall–Kier alpha value is -1.38. The van der Waals surface area contributed by atoms with Crippen molar-refractivity contribution >= 4 is 10.0 Å². The minimum absolute atomic E-state index is 0.0124. The van der Waals surface area contributed by atoms with Crippen molar-refractivity contribution < 1.29 is 8.42 Å². The molecule has 1 heterocycles. The first kappa shape index (κ1) is 15.0. The standard InChI is InChI=1S/C15H20N2O2S/c1-11-8-12(2)15(13(3)9-11)20(18,19)17-6-4-14(10-16)5-7-17/h8-9,14H,4-7H2,1-3H3. The van der Waals surface area contributed by atoms with Crippen molar-refractivity contribution in [2.24, 2.45) is 5.92 Å². The molecule has 0 spiro atoms. The van der Waals surface area contributed by atoms with Crippen LogP contribution in [0.25, 0.3) is 0 Å². The maximum Gasteiger partial charge on any atom is 0.243 e. The molecular weight excluding hydrogens is 272 g/mol. The molecular formula is C15H20N2O2S. The summed E-state index contributed by atoms with van der Waals surface area (Å²) in [6.07, 6.45) is 1.25. The van der Waals surface area contributed by atoms with Crippen molar-refractivity contribution in [1.82, 2.24) is 4.31 Å². The minimum Gasteiger partial charge on any atom is -0.207 e. The van der Waals surface area contributed by atoms with E-state index in [1.165, 1.54) is 4.31 Å². The summed E-state index contributed by atoms with van der Waals surface area (Å²) in [6, 6.07) is 6.03. The van der Waals surface area contributed by atoms with E-state index < -0.39 is 10.0 Å². The van der Waals surface area contributed by atoms with Crippen LogP contribution in [0.3, 0.4) is 0 Å². The molecule has 1 saturated heterocycles. The zero-order valence-corrected chi connectivity index (χ0v) is 13.0. The van der Waals surface area contributed by atoms with Gasteiger partial charge >= 0.3 is 0 Å². The molecule has 1 aliphatic heterocycles. The van der Waals surface area contributed by atoms with Crippen LogP contribution < -0.4 is 0 Å². The molecule has 2 rings (SSSR count). The fourth-order valence-electron chi connectivity index (χ4n) is 2.93. The predicted molar refractivity (Wildman–Crippen MR) is 77.7 cm³/mol. The second-order valence-corrected chi connectivity index (χ2v) is 7.41. The summed E-state index contributed by atoms with van der Waals surface area (Å²) < 4.78 is 27.1. The monoisotopic (exact) mass is 292 g/mol. The molecule has 4 nitrogen and oxygen atoms in total. The van der Waals surface area contributed by atoms with Gasteiger partial charge in [-0.25, -0.2) is 8.42 Å². The van der Waals surface area contributed by atoms with Gasteiger partial charge in [0.05, 0.1) is 11.0 Å². The highest BCUT2D eigenvalue weighted by atomic mass is 32.2. The van der Waals surface area contributed by atoms with Gasteiger partial charge in [0.2, 0.25) is 10.0 Å². The molecule has 0 saturated carbocycles. The molecule has 0 N–H and O–H groups in total. The molecule has 0 unspecified atom stereocenters. The van der Waals surface area contributed by atoms with E-state index in [9.17, 15) is 8.42 Å². The van der Waals surface area contributed by atoms with Gasteiger partial charge in [-0.05, 0) is 44.7 Å². The zero-order chi connectivity index (χ0) is 14.9. The number of nitriles is 1. The molecule has 0 aromatic heterocycles. The number of piperidine rings is 1. The Morgan fingerprint density at radius 2 is 1.65 bits per heavy atom. The number of rotatable bonds is 2. The summed E-state index contributed by atoms with van der Waals surface area (Å²) in [6.45, 7) is 6.53. The van der Waals surface area contributed by atoms with Gasteiger partial charge in [0.1, 0.15) is 0 Å². The van der Waals surface area contributed by atoms with Crippen LogP contribution in [0.5, 0.6) is 0 Å². The van der Waals surface area contributed by atoms with E-state index in [1.54, 1.807) is 0 Å². The summed E-state index contributed by atoms with van der Waals surface area (Å²) >= 11 is 0. The van der Waals surface area contributed by atoms with Crippen LogP contribution in [0.1, 0.15) is 29.5 Å². The van der Waals surface area contributed by atoms with E-state index >= 15 is 0 Å². The summed E-state index contributed by atoms with van der Waals surface area (Å²) in [5.74, 6) is -0.0124. The number of sulfonamides is 1. The molecule has 0 aliphatic carbocycles. The van der Waals surface area contributed by atoms with Crippen LogP contribution >= 0.6 is 0 Å². The quantitative estimate of drug-likeness (QED) is 0.841. The summed E-state index contributed by atoms with van der Waals surface area (Å²) in [7, 11) is -3.45. The smallest absolute Gasteiger partial charge is 0.207 e. The lowest BCUT2D eigenvalue weighted by atomic mass is 10.0. The van der Waals surface area contributed by atoms with Crippen LogP contribution in [0.4, 0.5) is 0 Å².